The van der Waals surface area contributed by atoms with Crippen LogP contribution >= 0.6 is 11.8 Å². The summed E-state index contributed by atoms with van der Waals surface area (Å²) in [4.78, 5) is 35.7. The second kappa shape index (κ2) is 3.98. The minimum atomic E-state index is -1.02. The maximum Gasteiger partial charge on any atom is 0.327 e. The van der Waals surface area contributed by atoms with E-state index < -0.39 is 16.8 Å². The van der Waals surface area contributed by atoms with Crippen molar-refractivity contribution in [1.82, 2.24) is 4.90 Å². The Kier molecular flexibility index (Phi) is 2.85. The molecule has 0 unspecified atom stereocenters. The Morgan fingerprint density at radius 3 is 2.61 bits per heavy atom. The fourth-order valence-corrected chi connectivity index (χ4v) is 3.81. The first-order valence-corrected chi connectivity index (χ1v) is 6.29. The number of rotatable bonds is 3. The van der Waals surface area contributed by atoms with Crippen molar-refractivity contribution in [3.8, 4) is 0 Å². The lowest BCUT2D eigenvalue weighted by molar-refractivity contribution is -0.152. The Labute approximate surface area is 109 Å². The van der Waals surface area contributed by atoms with E-state index in [1.54, 1.807) is 13.8 Å². The molecule has 0 saturated carbocycles. The number of β-lactam (4-membered cyclic amide) rings is 1. The molecule has 5 nitrogen and oxygen atoms in total. The van der Waals surface area contributed by atoms with Crippen molar-refractivity contribution in [2.45, 2.75) is 30.0 Å². The van der Waals surface area contributed by atoms with Crippen LogP contribution in [0.5, 0.6) is 0 Å². The normalized spacial score (nSPS) is 30.9. The summed E-state index contributed by atoms with van der Waals surface area (Å²) in [6.07, 6.45) is 2.37. The number of carbonyl (C=O) groups is 3. The largest absolute Gasteiger partial charge is 0.480 e. The molecular formula is C12H13NO4S. The summed E-state index contributed by atoms with van der Waals surface area (Å²) in [6.45, 7) is 6.91. The van der Waals surface area contributed by atoms with E-state index in [2.05, 4.69) is 6.58 Å². The number of fused-ring (bicyclic) bond motifs is 1. The predicted molar refractivity (Wildman–Crippen MR) is 67.0 cm³/mol. The highest BCUT2D eigenvalue weighted by Crippen LogP contribution is 2.52. The van der Waals surface area contributed by atoms with Gasteiger partial charge >= 0.3 is 5.97 Å². The first-order chi connectivity index (χ1) is 8.29. The standard InChI is InChI=1S/C12H13NO4S/c1-4-6(14)5-7-9(15)13-8(11(16)17)12(2,3)18-10(7)13/h4-5,8,10H,1H2,2-3H3,(H,16,17)/b7-5+/t8-,10+/m0/s1. The lowest BCUT2D eigenvalue weighted by atomic mass is 9.95. The van der Waals surface area contributed by atoms with Gasteiger partial charge in [0.1, 0.15) is 11.4 Å². The third-order valence-electron chi connectivity index (χ3n) is 3.09. The molecule has 96 valence electrons. The van der Waals surface area contributed by atoms with Gasteiger partial charge in [0.2, 0.25) is 0 Å². The number of carboxylic acid groups (broad SMARTS) is 1. The number of hydrogen-bond acceptors (Lipinski definition) is 4. The van der Waals surface area contributed by atoms with Crippen LogP contribution in [0.4, 0.5) is 0 Å². The summed E-state index contributed by atoms with van der Waals surface area (Å²) in [5.41, 5.74) is 0.363. The van der Waals surface area contributed by atoms with Crippen LogP contribution in [0.2, 0.25) is 0 Å². The summed E-state index contributed by atoms with van der Waals surface area (Å²) in [6, 6.07) is -0.851. The van der Waals surface area contributed by atoms with Gasteiger partial charge in [0.15, 0.2) is 5.78 Å². The highest BCUT2D eigenvalue weighted by atomic mass is 32.2. The molecule has 1 N–H and O–H groups in total. The van der Waals surface area contributed by atoms with Gasteiger partial charge in [-0.3, -0.25) is 9.59 Å². The first-order valence-electron chi connectivity index (χ1n) is 5.41. The highest BCUT2D eigenvalue weighted by molar-refractivity contribution is 8.01. The zero-order valence-electron chi connectivity index (χ0n) is 10.0. The van der Waals surface area contributed by atoms with Gasteiger partial charge in [0.25, 0.3) is 5.91 Å². The van der Waals surface area contributed by atoms with Crippen LogP contribution in [0.3, 0.4) is 0 Å². The molecule has 2 fully saturated rings. The number of allylic oxidation sites excluding steroid dienone is 2. The second-order valence-corrected chi connectivity index (χ2v) is 6.47. The quantitative estimate of drug-likeness (QED) is 0.605. The van der Waals surface area contributed by atoms with Crippen LogP contribution in [0.1, 0.15) is 13.8 Å². The average Bonchev–Trinajstić information content (AvgIpc) is 2.54. The van der Waals surface area contributed by atoms with Crippen LogP contribution < -0.4 is 0 Å². The minimum absolute atomic E-state index is 0.336. The van der Waals surface area contributed by atoms with E-state index in [1.165, 1.54) is 22.7 Å². The van der Waals surface area contributed by atoms with E-state index in [4.69, 9.17) is 0 Å². The summed E-state index contributed by atoms with van der Waals surface area (Å²) in [5.74, 6) is -1.73. The maximum absolute atomic E-state index is 11.9. The lowest BCUT2D eigenvalue weighted by Gasteiger charge is -2.38. The summed E-state index contributed by atoms with van der Waals surface area (Å²) >= 11 is 1.39. The smallest absolute Gasteiger partial charge is 0.327 e. The molecular weight excluding hydrogens is 254 g/mol. The van der Waals surface area contributed by atoms with Gasteiger partial charge in [-0.05, 0) is 26.0 Å². The van der Waals surface area contributed by atoms with Crippen molar-refractivity contribution in [2.75, 3.05) is 0 Å². The third-order valence-corrected chi connectivity index (χ3v) is 4.62. The number of carboxylic acids is 1. The molecule has 0 aromatic carbocycles. The zero-order valence-corrected chi connectivity index (χ0v) is 10.9. The molecule has 18 heavy (non-hydrogen) atoms. The van der Waals surface area contributed by atoms with E-state index in [1.807, 2.05) is 0 Å². The van der Waals surface area contributed by atoms with Crippen LogP contribution in [-0.2, 0) is 14.4 Å². The summed E-state index contributed by atoms with van der Waals surface area (Å²) < 4.78 is -0.570. The van der Waals surface area contributed by atoms with E-state index in [0.717, 1.165) is 6.08 Å². The predicted octanol–water partition coefficient (Wildman–Crippen LogP) is 0.815. The summed E-state index contributed by atoms with van der Waals surface area (Å²) in [5, 5.41) is 8.86. The molecule has 0 bridgehead atoms. The first kappa shape index (κ1) is 12.9. The van der Waals surface area contributed by atoms with Crippen molar-refractivity contribution in [3.63, 3.8) is 0 Å². The molecule has 2 rings (SSSR count). The Morgan fingerprint density at radius 2 is 2.11 bits per heavy atom. The molecule has 6 heteroatoms. The number of nitrogens with zero attached hydrogens (tertiary/aromatic N) is 1. The minimum Gasteiger partial charge on any atom is -0.480 e. The Morgan fingerprint density at radius 1 is 1.50 bits per heavy atom. The van der Waals surface area contributed by atoms with Gasteiger partial charge in [-0.2, -0.15) is 0 Å². The molecule has 1 amide bonds. The molecule has 0 aliphatic carbocycles. The van der Waals surface area contributed by atoms with Gasteiger partial charge in [-0.1, -0.05) is 6.58 Å². The van der Waals surface area contributed by atoms with Crippen molar-refractivity contribution in [3.05, 3.63) is 24.3 Å². The number of amides is 1. The molecule has 0 aromatic heterocycles. The zero-order chi connectivity index (χ0) is 13.7. The van der Waals surface area contributed by atoms with E-state index in [-0.39, 0.29) is 17.1 Å². The number of hydrogen-bond donors (Lipinski definition) is 1. The molecule has 2 aliphatic rings. The topological polar surface area (TPSA) is 74.7 Å². The molecule has 0 spiro atoms. The number of thioether (sulfide) groups is 1. The van der Waals surface area contributed by atoms with Crippen LogP contribution in [0, 0.1) is 0 Å². The van der Waals surface area contributed by atoms with Crippen LogP contribution in [0.25, 0.3) is 0 Å². The Hall–Kier alpha value is -1.56. The van der Waals surface area contributed by atoms with E-state index in [9.17, 15) is 19.5 Å². The van der Waals surface area contributed by atoms with Gasteiger partial charge in [-0.25, -0.2) is 4.79 Å². The highest BCUT2D eigenvalue weighted by Gasteiger charge is 2.61. The number of ketones is 1. The molecule has 2 heterocycles. The van der Waals surface area contributed by atoms with E-state index >= 15 is 0 Å². The average molecular weight is 267 g/mol. The molecule has 2 saturated heterocycles. The summed E-state index contributed by atoms with van der Waals surface area (Å²) in [7, 11) is 0. The van der Waals surface area contributed by atoms with Crippen molar-refractivity contribution in [1.29, 1.82) is 0 Å². The van der Waals surface area contributed by atoms with Crippen LogP contribution in [-0.4, -0.2) is 43.8 Å². The van der Waals surface area contributed by atoms with Gasteiger partial charge in [-0.15, -0.1) is 11.8 Å². The van der Waals surface area contributed by atoms with Gasteiger partial charge in [0, 0.05) is 4.75 Å². The van der Waals surface area contributed by atoms with Crippen molar-refractivity contribution in [2.24, 2.45) is 0 Å². The molecule has 2 atom stereocenters. The molecule has 0 radical (unpaired) electrons. The van der Waals surface area contributed by atoms with E-state index in [0.29, 0.717) is 5.57 Å². The molecule has 2 aliphatic heterocycles. The fourth-order valence-electron chi connectivity index (χ4n) is 2.27. The Balaban J connectivity index is 2.32. The monoisotopic (exact) mass is 267 g/mol. The second-order valence-electron chi connectivity index (χ2n) is 4.73. The number of aliphatic carboxylic acids is 1. The number of carbonyl (C=O) groups excluding carboxylic acids is 2. The lowest BCUT2D eigenvalue weighted by Crippen LogP contribution is -2.58. The molecule has 0 aromatic rings. The maximum atomic E-state index is 11.9. The fraction of sp³-hybridized carbons (Fsp3) is 0.417. The van der Waals surface area contributed by atoms with Crippen molar-refractivity contribution < 1.29 is 19.5 Å². The van der Waals surface area contributed by atoms with Crippen molar-refractivity contribution >= 4 is 29.4 Å². The van der Waals surface area contributed by atoms with Gasteiger partial charge < -0.3 is 10.0 Å². The van der Waals surface area contributed by atoms with Gasteiger partial charge in [0.05, 0.1) is 5.57 Å². The third kappa shape index (κ3) is 1.68. The Bertz CT molecular complexity index is 494. The SMILES string of the molecule is C=CC(=O)/C=C1\C(=O)N2[C@@H]1SC(C)(C)[C@@H]2C(=O)O. The van der Waals surface area contributed by atoms with Crippen LogP contribution in [0.15, 0.2) is 24.3 Å².